The van der Waals surface area contributed by atoms with Crippen LogP contribution in [0, 0.1) is 0 Å². The van der Waals surface area contributed by atoms with Crippen LogP contribution in [0.15, 0.2) is 42.3 Å². The van der Waals surface area contributed by atoms with Gasteiger partial charge in [0, 0.05) is 17.0 Å². The van der Waals surface area contributed by atoms with Crippen molar-refractivity contribution >= 4 is 22.9 Å². The van der Waals surface area contributed by atoms with Crippen molar-refractivity contribution in [3.63, 3.8) is 0 Å². The zero-order valence-electron chi connectivity index (χ0n) is 13.6. The third kappa shape index (κ3) is 3.59. The fourth-order valence-corrected chi connectivity index (χ4v) is 3.85. The molecule has 2 N–H and O–H groups in total. The van der Waals surface area contributed by atoms with Crippen molar-refractivity contribution in [2.75, 3.05) is 18.4 Å². The second-order valence-corrected chi connectivity index (χ2v) is 6.83. The number of nitrogens with one attached hydrogen (secondary N) is 2. The van der Waals surface area contributed by atoms with Crippen LogP contribution >= 0.6 is 11.3 Å². The van der Waals surface area contributed by atoms with Gasteiger partial charge in [-0.1, -0.05) is 0 Å². The smallest absolute Gasteiger partial charge is 0.275 e. The van der Waals surface area contributed by atoms with Crippen molar-refractivity contribution in [1.82, 2.24) is 25.1 Å². The number of benzene rings is 1. The van der Waals surface area contributed by atoms with E-state index < -0.39 is 0 Å². The third-order valence-corrected chi connectivity index (χ3v) is 5.26. The Bertz CT molecular complexity index is 836. The number of hydrogen-bond acceptors (Lipinski definition) is 6. The van der Waals surface area contributed by atoms with E-state index in [4.69, 9.17) is 0 Å². The Morgan fingerprint density at radius 2 is 2.04 bits per heavy atom. The van der Waals surface area contributed by atoms with Crippen LogP contribution < -0.4 is 10.6 Å². The lowest BCUT2D eigenvalue weighted by atomic mass is 9.99. The quantitative estimate of drug-likeness (QED) is 0.752. The second-order valence-electron chi connectivity index (χ2n) is 5.94. The van der Waals surface area contributed by atoms with E-state index in [0.29, 0.717) is 11.6 Å². The van der Waals surface area contributed by atoms with E-state index in [-0.39, 0.29) is 5.91 Å². The van der Waals surface area contributed by atoms with Gasteiger partial charge < -0.3 is 10.6 Å². The summed E-state index contributed by atoms with van der Waals surface area (Å²) in [7, 11) is 0. The standard InChI is InChI=1S/C17H18N6OS/c24-16(15-9-25-17(22-15)12-5-7-18-8-6-12)21-13-1-3-14(4-2-13)23-11-19-10-20-23/h1-4,9-12,18H,5-8H2,(H,21,24). The van der Waals surface area contributed by atoms with Gasteiger partial charge in [-0.25, -0.2) is 14.6 Å². The van der Waals surface area contributed by atoms with Crippen LogP contribution in [0.25, 0.3) is 5.69 Å². The van der Waals surface area contributed by atoms with Crippen LogP contribution in [0.4, 0.5) is 5.69 Å². The molecule has 1 aliphatic heterocycles. The number of nitrogens with zero attached hydrogens (tertiary/aromatic N) is 4. The Balaban J connectivity index is 1.42. The molecule has 2 aromatic heterocycles. The molecule has 8 heteroatoms. The minimum Gasteiger partial charge on any atom is -0.321 e. The zero-order valence-corrected chi connectivity index (χ0v) is 14.4. The van der Waals surface area contributed by atoms with E-state index in [9.17, 15) is 4.79 Å². The SMILES string of the molecule is O=C(Nc1ccc(-n2cncn2)cc1)c1csc(C2CCNCC2)n1. The van der Waals surface area contributed by atoms with E-state index in [2.05, 4.69) is 25.7 Å². The summed E-state index contributed by atoms with van der Waals surface area (Å²) in [4.78, 5) is 20.9. The van der Waals surface area contributed by atoms with E-state index in [1.807, 2.05) is 29.6 Å². The van der Waals surface area contributed by atoms with Crippen molar-refractivity contribution in [3.8, 4) is 5.69 Å². The summed E-state index contributed by atoms with van der Waals surface area (Å²) in [5.41, 5.74) is 2.10. The van der Waals surface area contributed by atoms with Gasteiger partial charge in [-0.3, -0.25) is 4.79 Å². The van der Waals surface area contributed by atoms with Crippen LogP contribution in [-0.2, 0) is 0 Å². The normalized spacial score (nSPS) is 15.2. The number of thiazole rings is 1. The highest BCUT2D eigenvalue weighted by molar-refractivity contribution is 7.09. The van der Waals surface area contributed by atoms with Crippen LogP contribution in [-0.4, -0.2) is 38.7 Å². The Labute approximate surface area is 149 Å². The topological polar surface area (TPSA) is 84.7 Å². The summed E-state index contributed by atoms with van der Waals surface area (Å²) in [6, 6.07) is 7.45. The number of carbonyl (C=O) groups is 1. The zero-order chi connectivity index (χ0) is 17.1. The van der Waals surface area contributed by atoms with E-state index in [1.54, 1.807) is 22.3 Å². The summed E-state index contributed by atoms with van der Waals surface area (Å²) in [5.74, 6) is 0.291. The maximum absolute atomic E-state index is 12.4. The Hall–Kier alpha value is -2.58. The molecule has 7 nitrogen and oxygen atoms in total. The first-order valence-electron chi connectivity index (χ1n) is 8.22. The van der Waals surface area contributed by atoms with Gasteiger partial charge in [0.1, 0.15) is 18.3 Å². The molecule has 0 radical (unpaired) electrons. The summed E-state index contributed by atoms with van der Waals surface area (Å²) < 4.78 is 1.66. The number of hydrogen-bond donors (Lipinski definition) is 2. The minimum absolute atomic E-state index is 0.176. The summed E-state index contributed by atoms with van der Waals surface area (Å²) in [6.07, 6.45) is 5.28. The van der Waals surface area contributed by atoms with Gasteiger partial charge in [0.25, 0.3) is 5.91 Å². The van der Waals surface area contributed by atoms with E-state index in [0.717, 1.165) is 42.3 Å². The first-order valence-corrected chi connectivity index (χ1v) is 9.10. The average molecular weight is 354 g/mol. The molecule has 3 heterocycles. The molecule has 0 saturated carbocycles. The lowest BCUT2D eigenvalue weighted by Crippen LogP contribution is -2.26. The molecule has 0 bridgehead atoms. The summed E-state index contributed by atoms with van der Waals surface area (Å²) >= 11 is 1.58. The molecule has 128 valence electrons. The average Bonchev–Trinajstić information content (AvgIpc) is 3.35. The first-order chi connectivity index (χ1) is 12.3. The molecule has 1 amide bonds. The number of carbonyl (C=O) groups excluding carboxylic acids is 1. The molecule has 4 rings (SSSR count). The number of aromatic nitrogens is 4. The van der Waals surface area contributed by atoms with Crippen LogP contribution in [0.5, 0.6) is 0 Å². The van der Waals surface area contributed by atoms with Gasteiger partial charge in [-0.05, 0) is 50.2 Å². The molecule has 1 saturated heterocycles. The predicted octanol–water partition coefficient (Wildman–Crippen LogP) is 2.44. The fraction of sp³-hybridized carbons (Fsp3) is 0.294. The van der Waals surface area contributed by atoms with Crippen molar-refractivity contribution in [1.29, 1.82) is 0 Å². The second kappa shape index (κ2) is 7.12. The fourth-order valence-electron chi connectivity index (χ4n) is 2.88. The number of piperidine rings is 1. The van der Waals surface area contributed by atoms with Crippen molar-refractivity contribution in [2.24, 2.45) is 0 Å². The molecule has 3 aromatic rings. The van der Waals surface area contributed by atoms with Gasteiger partial charge in [0.15, 0.2) is 0 Å². The number of amides is 1. The van der Waals surface area contributed by atoms with E-state index >= 15 is 0 Å². The molecule has 1 aromatic carbocycles. The number of anilines is 1. The van der Waals surface area contributed by atoms with Gasteiger partial charge in [-0.2, -0.15) is 5.10 Å². The van der Waals surface area contributed by atoms with E-state index in [1.165, 1.54) is 6.33 Å². The molecule has 1 aliphatic rings. The van der Waals surface area contributed by atoms with Crippen molar-refractivity contribution < 1.29 is 4.79 Å². The molecule has 0 unspecified atom stereocenters. The summed E-state index contributed by atoms with van der Waals surface area (Å²) in [5, 5.41) is 13.2. The molecule has 0 aliphatic carbocycles. The lowest BCUT2D eigenvalue weighted by molar-refractivity contribution is 0.102. The van der Waals surface area contributed by atoms with Gasteiger partial charge in [-0.15, -0.1) is 11.3 Å². The highest BCUT2D eigenvalue weighted by Gasteiger charge is 2.20. The third-order valence-electron chi connectivity index (χ3n) is 4.25. The highest BCUT2D eigenvalue weighted by Crippen LogP contribution is 2.28. The molecule has 25 heavy (non-hydrogen) atoms. The minimum atomic E-state index is -0.176. The van der Waals surface area contributed by atoms with Crippen molar-refractivity contribution in [3.05, 3.63) is 53.0 Å². The Morgan fingerprint density at radius 1 is 1.24 bits per heavy atom. The predicted molar refractivity (Wildman–Crippen MR) is 96.3 cm³/mol. The first kappa shape index (κ1) is 15.9. The molecular formula is C17H18N6OS. The number of rotatable bonds is 4. The lowest BCUT2D eigenvalue weighted by Gasteiger charge is -2.20. The van der Waals surface area contributed by atoms with Crippen molar-refractivity contribution in [2.45, 2.75) is 18.8 Å². The monoisotopic (exact) mass is 354 g/mol. The van der Waals surface area contributed by atoms with Crippen LogP contribution in [0.1, 0.15) is 34.3 Å². The Morgan fingerprint density at radius 3 is 2.76 bits per heavy atom. The van der Waals surface area contributed by atoms with Gasteiger partial charge >= 0.3 is 0 Å². The molecule has 0 atom stereocenters. The largest absolute Gasteiger partial charge is 0.321 e. The maximum atomic E-state index is 12.4. The molecule has 1 fully saturated rings. The van der Waals surface area contributed by atoms with Crippen LogP contribution in [0.3, 0.4) is 0 Å². The van der Waals surface area contributed by atoms with Gasteiger partial charge in [0.2, 0.25) is 0 Å². The molecule has 0 spiro atoms. The Kier molecular flexibility index (Phi) is 4.53. The maximum Gasteiger partial charge on any atom is 0.275 e. The highest BCUT2D eigenvalue weighted by atomic mass is 32.1. The summed E-state index contributed by atoms with van der Waals surface area (Å²) in [6.45, 7) is 2.04. The van der Waals surface area contributed by atoms with Gasteiger partial charge in [0.05, 0.1) is 10.7 Å². The van der Waals surface area contributed by atoms with Crippen LogP contribution in [0.2, 0.25) is 0 Å². The molecular weight excluding hydrogens is 336 g/mol.